The van der Waals surface area contributed by atoms with Crippen molar-refractivity contribution >= 4 is 21.9 Å². The Bertz CT molecular complexity index is 521. The van der Waals surface area contributed by atoms with Crippen LogP contribution < -0.4 is 5.73 Å². The third-order valence-corrected chi connectivity index (χ3v) is 2.36. The van der Waals surface area contributed by atoms with E-state index in [1.165, 1.54) is 0 Å². The summed E-state index contributed by atoms with van der Waals surface area (Å²) in [6, 6.07) is 9.18. The quantitative estimate of drug-likeness (QED) is 0.856. The van der Waals surface area contributed by atoms with E-state index in [0.29, 0.717) is 16.1 Å². The fourth-order valence-electron chi connectivity index (χ4n) is 1.27. The molecule has 5 heteroatoms. The zero-order valence-corrected chi connectivity index (χ0v) is 9.27. The highest BCUT2D eigenvalue weighted by Crippen LogP contribution is 2.17. The highest BCUT2D eigenvalue weighted by Gasteiger charge is 2.04. The molecule has 0 saturated heterocycles. The summed E-state index contributed by atoms with van der Waals surface area (Å²) in [6.45, 7) is 0. The third-order valence-electron chi connectivity index (χ3n) is 1.98. The van der Waals surface area contributed by atoms with Gasteiger partial charge in [0.05, 0.1) is 11.6 Å². The number of nitrogen functional groups attached to an aromatic ring is 1. The average Bonchev–Trinajstić information content (AvgIpc) is 2.58. The van der Waals surface area contributed by atoms with Crippen LogP contribution in [0.4, 0.5) is 5.95 Å². The van der Waals surface area contributed by atoms with Crippen LogP contribution in [0.1, 0.15) is 5.56 Å². The molecule has 0 unspecified atom stereocenters. The molecule has 0 spiro atoms. The summed E-state index contributed by atoms with van der Waals surface area (Å²) < 4.78 is 2.43. The van der Waals surface area contributed by atoms with Crippen LogP contribution in [0.2, 0.25) is 0 Å². The molecular weight excluding hydrogens is 256 g/mol. The van der Waals surface area contributed by atoms with Crippen molar-refractivity contribution < 1.29 is 0 Å². The minimum Gasteiger partial charge on any atom is -0.369 e. The number of aromatic nitrogens is 2. The molecule has 1 aromatic carbocycles. The van der Waals surface area contributed by atoms with Crippen LogP contribution in [0, 0.1) is 11.3 Å². The lowest BCUT2D eigenvalue weighted by atomic mass is 10.2. The minimum atomic E-state index is 0.409. The Morgan fingerprint density at radius 2 is 2.00 bits per heavy atom. The highest BCUT2D eigenvalue weighted by molar-refractivity contribution is 9.10. The highest BCUT2D eigenvalue weighted by atomic mass is 79.9. The van der Waals surface area contributed by atoms with Gasteiger partial charge in [0.1, 0.15) is 4.60 Å². The number of benzene rings is 1. The van der Waals surface area contributed by atoms with E-state index >= 15 is 0 Å². The second-order valence-electron chi connectivity index (χ2n) is 2.95. The maximum Gasteiger partial charge on any atom is 0.205 e. The van der Waals surface area contributed by atoms with Gasteiger partial charge in [-0.1, -0.05) is 0 Å². The SMILES string of the molecule is N#Cc1ccc(-n2cc(Br)nc2N)cc1. The van der Waals surface area contributed by atoms with Gasteiger partial charge in [0.2, 0.25) is 5.95 Å². The molecule has 0 fully saturated rings. The summed E-state index contributed by atoms with van der Waals surface area (Å²) in [5.74, 6) is 0.409. The first-order chi connectivity index (χ1) is 7.20. The Labute approximate surface area is 95.1 Å². The molecule has 0 atom stereocenters. The number of hydrogen-bond acceptors (Lipinski definition) is 3. The summed E-state index contributed by atoms with van der Waals surface area (Å²) in [4.78, 5) is 4.02. The molecule has 1 heterocycles. The van der Waals surface area contributed by atoms with E-state index in [2.05, 4.69) is 27.0 Å². The molecule has 0 radical (unpaired) electrons. The van der Waals surface area contributed by atoms with E-state index in [0.717, 1.165) is 5.69 Å². The van der Waals surface area contributed by atoms with Crippen LogP contribution in [-0.4, -0.2) is 9.55 Å². The van der Waals surface area contributed by atoms with Crippen LogP contribution in [0.5, 0.6) is 0 Å². The van der Waals surface area contributed by atoms with Crippen molar-refractivity contribution in [2.45, 2.75) is 0 Å². The smallest absolute Gasteiger partial charge is 0.205 e. The molecule has 0 bridgehead atoms. The second-order valence-corrected chi connectivity index (χ2v) is 3.76. The Balaban J connectivity index is 2.46. The van der Waals surface area contributed by atoms with Crippen molar-refractivity contribution in [1.82, 2.24) is 9.55 Å². The van der Waals surface area contributed by atoms with Crippen molar-refractivity contribution in [2.75, 3.05) is 5.73 Å². The van der Waals surface area contributed by atoms with E-state index in [4.69, 9.17) is 11.0 Å². The molecule has 4 nitrogen and oxygen atoms in total. The zero-order valence-electron chi connectivity index (χ0n) is 7.68. The first-order valence-corrected chi connectivity index (χ1v) is 5.01. The molecule has 2 aromatic rings. The lowest BCUT2D eigenvalue weighted by Crippen LogP contribution is -1.99. The molecule has 2 rings (SSSR count). The Morgan fingerprint density at radius 3 is 2.47 bits per heavy atom. The lowest BCUT2D eigenvalue weighted by Gasteiger charge is -2.03. The fourth-order valence-corrected chi connectivity index (χ4v) is 1.65. The van der Waals surface area contributed by atoms with Gasteiger partial charge in [0.25, 0.3) is 0 Å². The molecular formula is C10H7BrN4. The summed E-state index contributed by atoms with van der Waals surface area (Å²) in [7, 11) is 0. The van der Waals surface area contributed by atoms with Crippen molar-refractivity contribution in [3.8, 4) is 11.8 Å². The van der Waals surface area contributed by atoms with E-state index in [9.17, 15) is 0 Å². The molecule has 0 aliphatic heterocycles. The van der Waals surface area contributed by atoms with Gasteiger partial charge in [-0.3, -0.25) is 4.57 Å². The summed E-state index contributed by atoms with van der Waals surface area (Å²) in [5.41, 5.74) is 7.20. The summed E-state index contributed by atoms with van der Waals surface area (Å²) in [5, 5.41) is 8.66. The Hall–Kier alpha value is -1.80. The molecule has 1 aromatic heterocycles. The lowest BCUT2D eigenvalue weighted by molar-refractivity contribution is 1.07. The van der Waals surface area contributed by atoms with Crippen LogP contribution in [0.15, 0.2) is 35.1 Å². The Kier molecular flexibility index (Phi) is 2.44. The molecule has 0 saturated carbocycles. The van der Waals surface area contributed by atoms with Gasteiger partial charge < -0.3 is 5.73 Å². The molecule has 2 N–H and O–H groups in total. The normalized spacial score (nSPS) is 9.87. The van der Waals surface area contributed by atoms with Crippen molar-refractivity contribution in [3.63, 3.8) is 0 Å². The average molecular weight is 263 g/mol. The molecule has 74 valence electrons. The molecule has 0 aliphatic rings. The van der Waals surface area contributed by atoms with Gasteiger partial charge >= 0.3 is 0 Å². The van der Waals surface area contributed by atoms with Gasteiger partial charge in [-0.05, 0) is 40.2 Å². The van der Waals surface area contributed by atoms with Gasteiger partial charge in [-0.15, -0.1) is 0 Å². The standard InChI is InChI=1S/C10H7BrN4/c11-9-6-15(10(13)14-9)8-3-1-7(5-12)2-4-8/h1-4,6H,(H2,13,14). The summed E-state index contributed by atoms with van der Waals surface area (Å²) >= 11 is 3.24. The predicted molar refractivity (Wildman–Crippen MR) is 60.4 cm³/mol. The molecule has 0 aliphatic carbocycles. The van der Waals surface area contributed by atoms with Crippen LogP contribution in [0.3, 0.4) is 0 Å². The number of imidazole rings is 1. The number of anilines is 1. The number of halogens is 1. The maximum atomic E-state index is 8.66. The number of nitrogens with two attached hydrogens (primary N) is 1. The Morgan fingerprint density at radius 1 is 1.33 bits per heavy atom. The molecule has 0 amide bonds. The van der Waals surface area contributed by atoms with Crippen molar-refractivity contribution in [3.05, 3.63) is 40.6 Å². The number of rotatable bonds is 1. The second kappa shape index (κ2) is 3.75. The number of hydrogen-bond donors (Lipinski definition) is 1. The zero-order chi connectivity index (χ0) is 10.8. The van der Waals surface area contributed by atoms with Crippen LogP contribution >= 0.6 is 15.9 Å². The van der Waals surface area contributed by atoms with Gasteiger partial charge in [-0.2, -0.15) is 5.26 Å². The van der Waals surface area contributed by atoms with Crippen LogP contribution in [0.25, 0.3) is 5.69 Å². The maximum absolute atomic E-state index is 8.66. The van der Waals surface area contributed by atoms with Gasteiger partial charge in [-0.25, -0.2) is 4.98 Å². The third kappa shape index (κ3) is 1.85. The fraction of sp³-hybridized carbons (Fsp3) is 0. The van der Waals surface area contributed by atoms with E-state index in [-0.39, 0.29) is 0 Å². The molecule has 15 heavy (non-hydrogen) atoms. The van der Waals surface area contributed by atoms with E-state index in [1.807, 2.05) is 12.1 Å². The minimum absolute atomic E-state index is 0.409. The van der Waals surface area contributed by atoms with Crippen molar-refractivity contribution in [2.24, 2.45) is 0 Å². The first-order valence-electron chi connectivity index (χ1n) is 4.21. The largest absolute Gasteiger partial charge is 0.369 e. The van der Waals surface area contributed by atoms with E-state index < -0.39 is 0 Å². The topological polar surface area (TPSA) is 67.6 Å². The van der Waals surface area contributed by atoms with Gasteiger partial charge in [0, 0.05) is 11.9 Å². The number of nitriles is 1. The predicted octanol–water partition coefficient (Wildman–Crippen LogP) is 2.09. The monoisotopic (exact) mass is 262 g/mol. The van der Waals surface area contributed by atoms with E-state index in [1.54, 1.807) is 22.9 Å². The van der Waals surface area contributed by atoms with Crippen LogP contribution in [-0.2, 0) is 0 Å². The number of nitrogens with zero attached hydrogens (tertiary/aromatic N) is 3. The summed E-state index contributed by atoms with van der Waals surface area (Å²) in [6.07, 6.45) is 1.77. The first kappa shape index (κ1) is 9.74. The van der Waals surface area contributed by atoms with Crippen molar-refractivity contribution in [1.29, 1.82) is 5.26 Å². The van der Waals surface area contributed by atoms with Gasteiger partial charge in [0.15, 0.2) is 0 Å².